The molecule has 1 fully saturated rings. The van der Waals surface area contributed by atoms with Gasteiger partial charge in [-0.3, -0.25) is 4.79 Å². The van der Waals surface area contributed by atoms with Gasteiger partial charge in [0, 0.05) is 6.42 Å². The van der Waals surface area contributed by atoms with Gasteiger partial charge in [-0.25, -0.2) is 0 Å². The molecule has 9 heteroatoms. The van der Waals surface area contributed by atoms with Gasteiger partial charge in [0.25, 0.3) is 0 Å². The molecule has 9 nitrogen and oxygen atoms in total. The van der Waals surface area contributed by atoms with E-state index in [9.17, 15) is 30.3 Å². The van der Waals surface area contributed by atoms with Gasteiger partial charge < -0.3 is 40.3 Å². The van der Waals surface area contributed by atoms with Crippen LogP contribution < -0.4 is 5.32 Å². The molecule has 0 saturated carbocycles. The van der Waals surface area contributed by atoms with Crippen LogP contribution in [0, 0.1) is 0 Å². The van der Waals surface area contributed by atoms with E-state index in [1.165, 1.54) is 77.0 Å². The van der Waals surface area contributed by atoms with Crippen LogP contribution in [0.1, 0.15) is 187 Å². The fraction of sp³-hybridized carbons (Fsp3) is 0.717. The molecule has 7 unspecified atom stereocenters. The lowest BCUT2D eigenvalue weighted by atomic mass is 9.99. The second kappa shape index (κ2) is 42.3. The minimum atomic E-state index is -1.58. The first-order valence-corrected chi connectivity index (χ1v) is 24.8. The van der Waals surface area contributed by atoms with Crippen molar-refractivity contribution in [1.29, 1.82) is 0 Å². The summed E-state index contributed by atoms with van der Waals surface area (Å²) in [6.07, 6.45) is 51.9. The fourth-order valence-corrected chi connectivity index (χ4v) is 7.28. The number of ether oxygens (including phenoxy) is 2. The molecule has 0 spiro atoms. The van der Waals surface area contributed by atoms with Crippen LogP contribution in [-0.2, 0) is 14.3 Å². The third-order valence-corrected chi connectivity index (χ3v) is 11.2. The third kappa shape index (κ3) is 32.1. The van der Waals surface area contributed by atoms with Crippen molar-refractivity contribution in [2.75, 3.05) is 13.2 Å². The van der Waals surface area contributed by atoms with Crippen LogP contribution in [0.4, 0.5) is 0 Å². The number of unbranched alkanes of at least 4 members (excludes halogenated alkanes) is 18. The predicted octanol–water partition coefficient (Wildman–Crippen LogP) is 11.1. The molecular formula is C53H91NO8. The van der Waals surface area contributed by atoms with Gasteiger partial charge in [0.15, 0.2) is 6.29 Å². The van der Waals surface area contributed by atoms with E-state index in [-0.39, 0.29) is 12.5 Å². The van der Waals surface area contributed by atoms with E-state index in [1.54, 1.807) is 6.08 Å². The first kappa shape index (κ1) is 57.4. The number of nitrogens with one attached hydrogen (secondary N) is 1. The molecule has 1 amide bonds. The fourth-order valence-electron chi connectivity index (χ4n) is 7.28. The molecule has 356 valence electrons. The molecule has 1 rings (SSSR count). The maximum absolute atomic E-state index is 13.0. The van der Waals surface area contributed by atoms with Crippen molar-refractivity contribution in [2.45, 2.75) is 230 Å². The highest BCUT2D eigenvalue weighted by atomic mass is 16.7. The molecule has 0 aromatic rings. The SMILES string of the molecule is CC/C=C\C/C=C\C/C=C\C/C=C\C/C=C\C/C=C\CCCCCCC(=O)NC(COC1OC(CO)C(O)C(O)C1O)C(O)/C=C/CCCCCCCCCCCCCCCC. The average Bonchev–Trinajstić information content (AvgIpc) is 3.27. The van der Waals surface area contributed by atoms with E-state index in [4.69, 9.17) is 9.47 Å². The Balaban J connectivity index is 2.35. The number of carbonyl (C=O) groups is 1. The third-order valence-electron chi connectivity index (χ3n) is 11.2. The zero-order valence-electron chi connectivity index (χ0n) is 39.1. The number of allylic oxidation sites excluding steroid dienone is 13. The number of aliphatic hydroxyl groups excluding tert-OH is 5. The summed E-state index contributed by atoms with van der Waals surface area (Å²) in [6, 6.07) is -0.824. The normalized spacial score (nSPS) is 21.0. The quantitative estimate of drug-likeness (QED) is 0.0263. The van der Waals surface area contributed by atoms with Crippen LogP contribution >= 0.6 is 0 Å². The van der Waals surface area contributed by atoms with Gasteiger partial charge in [0.05, 0.1) is 25.4 Å². The molecule has 62 heavy (non-hydrogen) atoms. The summed E-state index contributed by atoms with van der Waals surface area (Å²) in [4.78, 5) is 13.0. The maximum atomic E-state index is 13.0. The van der Waals surface area contributed by atoms with Crippen molar-refractivity contribution >= 4 is 5.91 Å². The molecular weight excluding hydrogens is 779 g/mol. The van der Waals surface area contributed by atoms with Gasteiger partial charge in [-0.15, -0.1) is 0 Å². The maximum Gasteiger partial charge on any atom is 0.220 e. The van der Waals surface area contributed by atoms with Crippen LogP contribution in [0.15, 0.2) is 85.1 Å². The van der Waals surface area contributed by atoms with Crippen molar-refractivity contribution in [2.24, 2.45) is 0 Å². The van der Waals surface area contributed by atoms with Crippen molar-refractivity contribution in [3.8, 4) is 0 Å². The number of aliphatic hydroxyl groups is 5. The van der Waals surface area contributed by atoms with Crippen molar-refractivity contribution in [3.63, 3.8) is 0 Å². The zero-order valence-corrected chi connectivity index (χ0v) is 39.1. The summed E-state index contributed by atoms with van der Waals surface area (Å²) < 4.78 is 11.2. The number of hydrogen-bond donors (Lipinski definition) is 6. The second-order valence-electron chi connectivity index (χ2n) is 16.9. The molecule has 0 radical (unpaired) electrons. The minimum absolute atomic E-state index is 0.204. The molecule has 0 aromatic carbocycles. The van der Waals surface area contributed by atoms with Crippen LogP contribution in [0.2, 0.25) is 0 Å². The molecule has 1 saturated heterocycles. The lowest BCUT2D eigenvalue weighted by Crippen LogP contribution is -2.60. The lowest BCUT2D eigenvalue weighted by molar-refractivity contribution is -0.302. The second-order valence-corrected chi connectivity index (χ2v) is 16.9. The Morgan fingerprint density at radius 2 is 1.00 bits per heavy atom. The summed E-state index contributed by atoms with van der Waals surface area (Å²) >= 11 is 0. The summed E-state index contributed by atoms with van der Waals surface area (Å²) in [7, 11) is 0. The van der Waals surface area contributed by atoms with Gasteiger partial charge in [0.1, 0.15) is 24.4 Å². The van der Waals surface area contributed by atoms with Crippen LogP contribution in [0.3, 0.4) is 0 Å². The average molecular weight is 870 g/mol. The summed E-state index contributed by atoms with van der Waals surface area (Å²) in [5, 5.41) is 54.3. The standard InChI is InChI=1S/C53H91NO8/c1-3-5-7-9-11-13-15-17-19-21-22-23-24-25-26-27-29-31-33-35-37-39-41-43-49(57)54-46(45-61-53-52(60)51(59)50(58)48(44-55)62-53)47(56)42-40-38-36-34-32-30-28-20-18-16-14-12-10-8-6-4-2/h5,7,11,13,17,19,22-23,25-26,29,31,40,42,46-48,50-53,55-56,58-60H,3-4,6,8-10,12,14-16,18,20-21,24,27-28,30,32-39,41,43-45H2,1-2H3,(H,54,57)/b7-5-,13-11-,19-17-,23-22-,26-25-,31-29-,42-40+. The topological polar surface area (TPSA) is 149 Å². The number of amides is 1. The summed E-state index contributed by atoms with van der Waals surface area (Å²) in [5.41, 5.74) is 0. The van der Waals surface area contributed by atoms with Gasteiger partial charge in [-0.2, -0.15) is 0 Å². The van der Waals surface area contributed by atoms with E-state index in [0.29, 0.717) is 6.42 Å². The zero-order chi connectivity index (χ0) is 45.1. The highest BCUT2D eigenvalue weighted by Crippen LogP contribution is 2.22. The van der Waals surface area contributed by atoms with E-state index in [1.807, 2.05) is 6.08 Å². The Bertz CT molecular complexity index is 1240. The van der Waals surface area contributed by atoms with Crippen molar-refractivity contribution in [3.05, 3.63) is 85.1 Å². The van der Waals surface area contributed by atoms with Gasteiger partial charge in [-0.1, -0.05) is 195 Å². The van der Waals surface area contributed by atoms with Crippen LogP contribution in [0.25, 0.3) is 0 Å². The smallest absolute Gasteiger partial charge is 0.220 e. The summed E-state index contributed by atoms with van der Waals surface area (Å²) in [5.74, 6) is -0.205. The first-order valence-electron chi connectivity index (χ1n) is 24.8. The Labute approximate surface area is 378 Å². The Morgan fingerprint density at radius 3 is 1.48 bits per heavy atom. The van der Waals surface area contributed by atoms with Crippen molar-refractivity contribution < 1.29 is 39.8 Å². The highest BCUT2D eigenvalue weighted by molar-refractivity contribution is 5.76. The molecule has 6 N–H and O–H groups in total. The summed E-state index contributed by atoms with van der Waals surface area (Å²) in [6.45, 7) is 3.63. The van der Waals surface area contributed by atoms with Gasteiger partial charge in [-0.05, 0) is 70.6 Å². The van der Waals surface area contributed by atoms with E-state index in [2.05, 4.69) is 92.1 Å². The van der Waals surface area contributed by atoms with E-state index >= 15 is 0 Å². The Kier molecular flexibility index (Phi) is 39.2. The minimum Gasteiger partial charge on any atom is -0.394 e. The Morgan fingerprint density at radius 1 is 0.565 bits per heavy atom. The lowest BCUT2D eigenvalue weighted by Gasteiger charge is -2.40. The molecule has 1 aliphatic heterocycles. The number of rotatable bonds is 40. The molecule has 0 aliphatic carbocycles. The van der Waals surface area contributed by atoms with Crippen LogP contribution in [0.5, 0.6) is 0 Å². The molecule has 1 aliphatic rings. The molecule has 0 bridgehead atoms. The largest absolute Gasteiger partial charge is 0.394 e. The first-order chi connectivity index (χ1) is 30.3. The monoisotopic (exact) mass is 870 g/mol. The molecule has 7 atom stereocenters. The molecule has 0 aromatic heterocycles. The number of hydrogen-bond acceptors (Lipinski definition) is 8. The van der Waals surface area contributed by atoms with E-state index in [0.717, 1.165) is 89.9 Å². The van der Waals surface area contributed by atoms with Gasteiger partial charge >= 0.3 is 0 Å². The van der Waals surface area contributed by atoms with Crippen molar-refractivity contribution in [1.82, 2.24) is 5.32 Å². The van der Waals surface area contributed by atoms with E-state index < -0.39 is 49.5 Å². The Hall–Kier alpha value is -2.63. The van der Waals surface area contributed by atoms with Crippen LogP contribution in [-0.4, -0.2) is 87.5 Å². The number of carbonyl (C=O) groups excluding carboxylic acids is 1. The van der Waals surface area contributed by atoms with Gasteiger partial charge in [0.2, 0.25) is 5.91 Å². The molecule has 1 heterocycles. The highest BCUT2D eigenvalue weighted by Gasteiger charge is 2.44. The predicted molar refractivity (Wildman–Crippen MR) is 258 cm³/mol.